The predicted molar refractivity (Wildman–Crippen MR) is 47.4 cm³/mol. The lowest BCUT2D eigenvalue weighted by Crippen LogP contribution is -2.52. The van der Waals surface area contributed by atoms with Crippen molar-refractivity contribution in [1.29, 1.82) is 0 Å². The zero-order valence-electron chi connectivity index (χ0n) is 10.7. The van der Waals surface area contributed by atoms with Crippen LogP contribution in [0, 0.1) is 22.7 Å². The van der Waals surface area contributed by atoms with Gasteiger partial charge in [0.05, 0.1) is 5.92 Å². The van der Waals surface area contributed by atoms with Crippen LogP contribution in [0.4, 0.5) is 52.7 Å². The van der Waals surface area contributed by atoms with Crippen LogP contribution >= 0.6 is 0 Å². The van der Waals surface area contributed by atoms with E-state index in [0.29, 0.717) is 0 Å². The van der Waals surface area contributed by atoms with Crippen molar-refractivity contribution in [2.24, 2.45) is 22.7 Å². The smallest absolute Gasteiger partial charge is 0.171 e. The van der Waals surface area contributed by atoms with Crippen LogP contribution in [0.5, 0.6) is 0 Å². The van der Waals surface area contributed by atoms with E-state index in [4.69, 9.17) is 0 Å². The van der Waals surface area contributed by atoms with Crippen LogP contribution in [0.15, 0.2) is 0 Å². The standard InChI is InChI=1S/C10H8F12/c1-3-5(8(14,15)16,4(2)7(11,12)13)6(3,9(17,18)19)10(20,21)22/h3-4H,1-2H3/t3?,4-,5?/m0/s1. The Morgan fingerprint density at radius 1 is 0.682 bits per heavy atom. The van der Waals surface area contributed by atoms with Gasteiger partial charge in [-0.15, -0.1) is 0 Å². The lowest BCUT2D eigenvalue weighted by Gasteiger charge is -2.35. The fourth-order valence-corrected chi connectivity index (χ4v) is 3.50. The maximum absolute atomic E-state index is 13.0. The van der Waals surface area contributed by atoms with Gasteiger partial charge >= 0.3 is 24.7 Å². The number of rotatable bonds is 1. The molecule has 0 aromatic carbocycles. The van der Waals surface area contributed by atoms with Crippen molar-refractivity contribution in [1.82, 2.24) is 0 Å². The van der Waals surface area contributed by atoms with Crippen molar-refractivity contribution in [2.45, 2.75) is 38.6 Å². The molecule has 0 N–H and O–H groups in total. The quantitative estimate of drug-likeness (QED) is 0.545. The third kappa shape index (κ3) is 1.93. The summed E-state index contributed by atoms with van der Waals surface area (Å²) >= 11 is 0. The minimum absolute atomic E-state index is 0.114. The first-order chi connectivity index (χ1) is 9.31. The summed E-state index contributed by atoms with van der Waals surface area (Å²) in [4.78, 5) is 0. The summed E-state index contributed by atoms with van der Waals surface area (Å²) in [5.74, 6) is -7.23. The van der Waals surface area contributed by atoms with E-state index in [9.17, 15) is 52.7 Å². The molecule has 0 saturated heterocycles. The van der Waals surface area contributed by atoms with Crippen molar-refractivity contribution in [3.63, 3.8) is 0 Å². The van der Waals surface area contributed by atoms with E-state index in [2.05, 4.69) is 0 Å². The van der Waals surface area contributed by atoms with Gasteiger partial charge in [-0.1, -0.05) is 13.8 Å². The average Bonchev–Trinajstić information content (AvgIpc) is 2.76. The van der Waals surface area contributed by atoms with Gasteiger partial charge < -0.3 is 0 Å². The third-order valence-corrected chi connectivity index (χ3v) is 4.44. The molecule has 1 fully saturated rings. The summed E-state index contributed by atoms with van der Waals surface area (Å²) in [5, 5.41) is 0. The molecule has 0 amide bonds. The number of hydrogen-bond donors (Lipinski definition) is 0. The van der Waals surface area contributed by atoms with E-state index < -0.39 is 47.4 Å². The zero-order valence-corrected chi connectivity index (χ0v) is 10.7. The second-order valence-corrected chi connectivity index (χ2v) is 5.16. The second-order valence-electron chi connectivity index (χ2n) is 5.16. The molecule has 0 spiro atoms. The van der Waals surface area contributed by atoms with Gasteiger partial charge in [0.15, 0.2) is 5.41 Å². The van der Waals surface area contributed by atoms with Crippen molar-refractivity contribution in [3.05, 3.63) is 0 Å². The second kappa shape index (κ2) is 4.37. The first-order valence-corrected chi connectivity index (χ1v) is 5.58. The Morgan fingerprint density at radius 3 is 1.14 bits per heavy atom. The van der Waals surface area contributed by atoms with Gasteiger partial charge in [-0.25, -0.2) is 0 Å². The monoisotopic (exact) mass is 356 g/mol. The van der Waals surface area contributed by atoms with Crippen LogP contribution < -0.4 is 0 Å². The summed E-state index contributed by atoms with van der Waals surface area (Å²) in [7, 11) is 0. The van der Waals surface area contributed by atoms with Gasteiger partial charge in [-0.3, -0.25) is 0 Å². The van der Waals surface area contributed by atoms with E-state index in [1.165, 1.54) is 0 Å². The molecule has 1 rings (SSSR count). The molecule has 2 unspecified atom stereocenters. The Labute approximate surface area is 115 Å². The normalized spacial score (nSPS) is 31.1. The summed E-state index contributed by atoms with van der Waals surface area (Å²) < 4.78 is 154. The Bertz CT molecular complexity index is 421. The Kier molecular flexibility index (Phi) is 3.81. The fourth-order valence-electron chi connectivity index (χ4n) is 3.50. The van der Waals surface area contributed by atoms with Gasteiger partial charge in [0.2, 0.25) is 0 Å². The highest BCUT2D eigenvalue weighted by Gasteiger charge is 3.03. The zero-order chi connectivity index (χ0) is 18.2. The number of halogens is 12. The number of alkyl halides is 12. The summed E-state index contributed by atoms with van der Waals surface area (Å²) in [5.41, 5.74) is -10.5. The van der Waals surface area contributed by atoms with Crippen LogP contribution in [0.3, 0.4) is 0 Å². The van der Waals surface area contributed by atoms with Crippen molar-refractivity contribution < 1.29 is 52.7 Å². The molecule has 12 heteroatoms. The lowest BCUT2D eigenvalue weighted by atomic mass is 9.79. The van der Waals surface area contributed by atoms with Crippen molar-refractivity contribution in [3.8, 4) is 0 Å². The molecule has 3 atom stereocenters. The maximum atomic E-state index is 13.0. The molecule has 22 heavy (non-hydrogen) atoms. The molecule has 0 aromatic heterocycles. The summed E-state index contributed by atoms with van der Waals surface area (Å²) in [6, 6.07) is 0. The molecule has 0 aliphatic heterocycles. The average molecular weight is 356 g/mol. The first kappa shape index (κ1) is 19.2. The third-order valence-electron chi connectivity index (χ3n) is 4.44. The SMILES string of the molecule is CC1C([C@H](C)C(F)(F)F)(C(F)(F)F)C1(C(F)(F)F)C(F)(F)F. The largest absolute Gasteiger partial charge is 0.404 e. The number of hydrogen-bond acceptors (Lipinski definition) is 0. The van der Waals surface area contributed by atoms with E-state index in [0.717, 1.165) is 0 Å². The predicted octanol–water partition coefficient (Wildman–Crippen LogP) is 5.49. The summed E-state index contributed by atoms with van der Waals surface area (Å²) in [6.07, 6.45) is -25.3. The highest BCUT2D eigenvalue weighted by atomic mass is 19.4. The van der Waals surface area contributed by atoms with Crippen LogP contribution in [-0.2, 0) is 0 Å². The Balaban J connectivity index is 3.77. The molecule has 0 aromatic rings. The lowest BCUT2D eigenvalue weighted by molar-refractivity contribution is -0.356. The molecule has 132 valence electrons. The minimum atomic E-state index is -6.54. The molecule has 1 saturated carbocycles. The highest BCUT2D eigenvalue weighted by molar-refractivity contribution is 5.30. The molecule has 1 aliphatic carbocycles. The molecule has 0 bridgehead atoms. The van der Waals surface area contributed by atoms with Crippen molar-refractivity contribution in [2.75, 3.05) is 0 Å². The van der Waals surface area contributed by atoms with Crippen molar-refractivity contribution >= 4 is 0 Å². The van der Waals surface area contributed by atoms with Crippen LogP contribution in [0.1, 0.15) is 13.8 Å². The molecular weight excluding hydrogens is 348 g/mol. The molecular formula is C10H8F12. The van der Waals surface area contributed by atoms with Gasteiger partial charge in [0.25, 0.3) is 0 Å². The molecule has 0 nitrogen and oxygen atoms in total. The Morgan fingerprint density at radius 2 is 1.00 bits per heavy atom. The molecule has 0 heterocycles. The van der Waals surface area contributed by atoms with E-state index in [1.807, 2.05) is 0 Å². The van der Waals surface area contributed by atoms with Gasteiger partial charge in [-0.05, 0) is 5.92 Å². The minimum Gasteiger partial charge on any atom is -0.171 e. The molecule has 1 aliphatic rings. The van der Waals surface area contributed by atoms with Gasteiger partial charge in [0, 0.05) is 0 Å². The summed E-state index contributed by atoms with van der Waals surface area (Å²) in [6.45, 7) is -0.431. The van der Waals surface area contributed by atoms with E-state index >= 15 is 0 Å². The van der Waals surface area contributed by atoms with Gasteiger partial charge in [-0.2, -0.15) is 52.7 Å². The topological polar surface area (TPSA) is 0 Å². The van der Waals surface area contributed by atoms with E-state index in [1.54, 1.807) is 0 Å². The Hall–Kier alpha value is -0.840. The highest BCUT2D eigenvalue weighted by Crippen LogP contribution is 2.88. The van der Waals surface area contributed by atoms with E-state index in [-0.39, 0.29) is 13.8 Å². The fraction of sp³-hybridized carbons (Fsp3) is 1.00. The maximum Gasteiger partial charge on any atom is 0.404 e. The first-order valence-electron chi connectivity index (χ1n) is 5.58. The van der Waals surface area contributed by atoms with Crippen LogP contribution in [0.25, 0.3) is 0 Å². The van der Waals surface area contributed by atoms with Crippen LogP contribution in [0.2, 0.25) is 0 Å². The van der Waals surface area contributed by atoms with Gasteiger partial charge in [0.1, 0.15) is 5.41 Å². The van der Waals surface area contributed by atoms with Crippen LogP contribution in [-0.4, -0.2) is 24.7 Å². The molecule has 0 radical (unpaired) electrons.